The van der Waals surface area contributed by atoms with Crippen LogP contribution in [0, 0.1) is 5.82 Å². The minimum atomic E-state index is -0.254. The molecular weight excluding hydrogens is 383 g/mol. The smallest absolute Gasteiger partial charge is 0.275 e. The number of H-pyrrole nitrogens is 1. The van der Waals surface area contributed by atoms with Crippen LogP contribution in [0.3, 0.4) is 0 Å². The summed E-state index contributed by atoms with van der Waals surface area (Å²) in [7, 11) is 0. The Balaban J connectivity index is 1.32. The van der Waals surface area contributed by atoms with Crippen LogP contribution in [0.2, 0.25) is 0 Å². The second-order valence-corrected chi connectivity index (χ2v) is 7.64. The first-order chi connectivity index (χ1) is 14.7. The molecule has 0 aliphatic carbocycles. The molecule has 1 saturated heterocycles. The first kappa shape index (κ1) is 18.5. The second kappa shape index (κ2) is 7.74. The Labute approximate surface area is 172 Å². The fourth-order valence-electron chi connectivity index (χ4n) is 4.06. The minimum Gasteiger partial charge on any atom is -0.445 e. The topological polar surface area (TPSA) is 75.0 Å². The Morgan fingerprint density at radius 1 is 1.20 bits per heavy atom. The van der Waals surface area contributed by atoms with Gasteiger partial charge >= 0.3 is 0 Å². The van der Waals surface area contributed by atoms with Crippen molar-refractivity contribution in [3.63, 3.8) is 0 Å². The normalized spacial score (nSPS) is 16.8. The lowest BCUT2D eigenvalue weighted by Crippen LogP contribution is -2.39. The average molecular weight is 404 g/mol. The van der Waals surface area contributed by atoms with E-state index in [2.05, 4.69) is 15.2 Å². The van der Waals surface area contributed by atoms with E-state index in [0.29, 0.717) is 42.4 Å². The molecule has 0 unspecified atom stereocenters. The molecule has 5 rings (SSSR count). The third-order valence-electron chi connectivity index (χ3n) is 5.62. The molecule has 0 spiro atoms. The van der Waals surface area contributed by atoms with Gasteiger partial charge in [-0.15, -0.1) is 0 Å². The highest BCUT2D eigenvalue weighted by atomic mass is 19.1. The number of oxazole rings is 1. The number of aromatic nitrogens is 3. The van der Waals surface area contributed by atoms with Gasteiger partial charge in [0.25, 0.3) is 5.91 Å². The monoisotopic (exact) mass is 404 g/mol. The fourth-order valence-corrected chi connectivity index (χ4v) is 4.06. The summed E-state index contributed by atoms with van der Waals surface area (Å²) in [4.78, 5) is 19.3. The van der Waals surface area contributed by atoms with E-state index in [1.54, 1.807) is 24.4 Å². The van der Waals surface area contributed by atoms with Crippen molar-refractivity contribution in [1.82, 2.24) is 20.1 Å². The molecule has 6 nitrogen and oxygen atoms in total. The molecule has 1 fully saturated rings. The van der Waals surface area contributed by atoms with Crippen LogP contribution in [0.1, 0.15) is 46.5 Å². The molecule has 1 atom stereocenters. The number of rotatable bonds is 4. The number of nitrogens with one attached hydrogen (secondary N) is 1. The molecule has 152 valence electrons. The molecule has 1 amide bonds. The molecule has 2 aromatic carbocycles. The van der Waals surface area contributed by atoms with Gasteiger partial charge in [-0.25, -0.2) is 9.37 Å². The van der Waals surface area contributed by atoms with E-state index in [9.17, 15) is 9.18 Å². The van der Waals surface area contributed by atoms with Crippen molar-refractivity contribution in [3.05, 3.63) is 83.5 Å². The highest BCUT2D eigenvalue weighted by Gasteiger charge is 2.30. The molecule has 7 heteroatoms. The van der Waals surface area contributed by atoms with Gasteiger partial charge in [-0.05, 0) is 30.5 Å². The van der Waals surface area contributed by atoms with Gasteiger partial charge in [0.1, 0.15) is 11.6 Å². The van der Waals surface area contributed by atoms with Gasteiger partial charge in [-0.3, -0.25) is 9.89 Å². The van der Waals surface area contributed by atoms with Crippen molar-refractivity contribution >= 4 is 16.8 Å². The van der Waals surface area contributed by atoms with Gasteiger partial charge in [0, 0.05) is 24.9 Å². The van der Waals surface area contributed by atoms with E-state index in [4.69, 9.17) is 4.42 Å². The summed E-state index contributed by atoms with van der Waals surface area (Å²) in [6, 6.07) is 14.3. The maximum atomic E-state index is 13.9. The Hall–Kier alpha value is -3.48. The Morgan fingerprint density at radius 2 is 2.03 bits per heavy atom. The summed E-state index contributed by atoms with van der Waals surface area (Å²) >= 11 is 0. The number of nitrogens with zero attached hydrogens (tertiary/aromatic N) is 3. The molecular formula is C23H21FN4O2. The number of carbonyl (C=O) groups excluding carboxylic acids is 1. The predicted octanol–water partition coefficient (Wildman–Crippen LogP) is 4.30. The summed E-state index contributed by atoms with van der Waals surface area (Å²) in [5.74, 6) is 0.899. The highest BCUT2D eigenvalue weighted by Crippen LogP contribution is 2.29. The minimum absolute atomic E-state index is 0.0160. The van der Waals surface area contributed by atoms with Crippen LogP contribution in [-0.4, -0.2) is 39.1 Å². The number of hydrogen-bond acceptors (Lipinski definition) is 4. The SMILES string of the molecule is O=C(c1n[nH]c2ccccc12)N1CCC[C@H](c2ncc(Cc3ccccc3F)o2)C1. The molecule has 2 aromatic heterocycles. The average Bonchev–Trinajstić information content (AvgIpc) is 3.42. The van der Waals surface area contributed by atoms with E-state index in [0.717, 1.165) is 23.7 Å². The third-order valence-corrected chi connectivity index (χ3v) is 5.62. The Kier molecular flexibility index (Phi) is 4.78. The van der Waals surface area contributed by atoms with Crippen molar-refractivity contribution < 1.29 is 13.6 Å². The van der Waals surface area contributed by atoms with Crippen LogP contribution in [-0.2, 0) is 6.42 Å². The van der Waals surface area contributed by atoms with Crippen molar-refractivity contribution in [2.24, 2.45) is 0 Å². The van der Waals surface area contributed by atoms with Crippen LogP contribution >= 0.6 is 0 Å². The molecule has 0 radical (unpaired) electrons. The lowest BCUT2D eigenvalue weighted by Gasteiger charge is -2.30. The lowest BCUT2D eigenvalue weighted by molar-refractivity contribution is 0.0694. The largest absolute Gasteiger partial charge is 0.445 e. The first-order valence-corrected chi connectivity index (χ1v) is 10.1. The van der Waals surface area contributed by atoms with Crippen LogP contribution < -0.4 is 0 Å². The van der Waals surface area contributed by atoms with E-state index in [1.807, 2.05) is 29.2 Å². The van der Waals surface area contributed by atoms with E-state index < -0.39 is 0 Å². The molecule has 4 aromatic rings. The number of para-hydroxylation sites is 1. The van der Waals surface area contributed by atoms with Gasteiger partial charge in [0.2, 0.25) is 0 Å². The Bertz CT molecular complexity index is 1200. The zero-order valence-corrected chi connectivity index (χ0v) is 16.3. The zero-order chi connectivity index (χ0) is 20.5. The highest BCUT2D eigenvalue weighted by molar-refractivity contribution is 6.04. The summed E-state index contributed by atoms with van der Waals surface area (Å²) in [6.45, 7) is 1.21. The summed E-state index contributed by atoms with van der Waals surface area (Å²) in [5.41, 5.74) is 1.87. The number of piperidine rings is 1. The number of carbonyl (C=O) groups is 1. The number of likely N-dealkylation sites (tertiary alicyclic amines) is 1. The summed E-state index contributed by atoms with van der Waals surface area (Å²) < 4.78 is 19.8. The maximum absolute atomic E-state index is 13.9. The number of benzene rings is 2. The number of aromatic amines is 1. The summed E-state index contributed by atoms with van der Waals surface area (Å²) in [6.07, 6.45) is 3.77. The van der Waals surface area contributed by atoms with E-state index >= 15 is 0 Å². The van der Waals surface area contributed by atoms with Crippen LogP contribution in [0.4, 0.5) is 4.39 Å². The fraction of sp³-hybridized carbons (Fsp3) is 0.261. The van der Waals surface area contributed by atoms with Gasteiger partial charge in [0.15, 0.2) is 11.6 Å². The quantitative estimate of drug-likeness (QED) is 0.550. The van der Waals surface area contributed by atoms with Crippen molar-refractivity contribution in [2.45, 2.75) is 25.2 Å². The molecule has 1 N–H and O–H groups in total. The maximum Gasteiger partial charge on any atom is 0.275 e. The van der Waals surface area contributed by atoms with Crippen LogP contribution in [0.15, 0.2) is 59.1 Å². The zero-order valence-electron chi connectivity index (χ0n) is 16.3. The second-order valence-electron chi connectivity index (χ2n) is 7.64. The Morgan fingerprint density at radius 3 is 2.93 bits per heavy atom. The van der Waals surface area contributed by atoms with Crippen molar-refractivity contribution in [2.75, 3.05) is 13.1 Å². The molecule has 3 heterocycles. The molecule has 1 aliphatic heterocycles. The van der Waals surface area contributed by atoms with Gasteiger partial charge < -0.3 is 9.32 Å². The number of amides is 1. The number of fused-ring (bicyclic) bond motifs is 1. The van der Waals surface area contributed by atoms with Crippen LogP contribution in [0.5, 0.6) is 0 Å². The molecule has 30 heavy (non-hydrogen) atoms. The van der Waals surface area contributed by atoms with Crippen molar-refractivity contribution in [1.29, 1.82) is 0 Å². The standard InChI is InChI=1S/C23H21FN4O2/c24-19-9-3-1-6-15(19)12-17-13-25-22(30-17)16-7-5-11-28(14-16)23(29)21-18-8-2-4-10-20(18)26-27-21/h1-4,6,8-10,13,16H,5,7,11-12,14H2,(H,26,27)/t16-/m0/s1. The van der Waals surface area contributed by atoms with Crippen LogP contribution in [0.25, 0.3) is 10.9 Å². The first-order valence-electron chi connectivity index (χ1n) is 10.1. The molecule has 1 aliphatic rings. The van der Waals surface area contributed by atoms with Gasteiger partial charge in [-0.1, -0.05) is 36.4 Å². The van der Waals surface area contributed by atoms with Gasteiger partial charge in [0.05, 0.1) is 17.6 Å². The predicted molar refractivity (Wildman–Crippen MR) is 110 cm³/mol. The number of halogens is 1. The van der Waals surface area contributed by atoms with Gasteiger partial charge in [-0.2, -0.15) is 5.10 Å². The van der Waals surface area contributed by atoms with E-state index in [-0.39, 0.29) is 17.6 Å². The van der Waals surface area contributed by atoms with Crippen molar-refractivity contribution in [3.8, 4) is 0 Å². The lowest BCUT2D eigenvalue weighted by atomic mass is 9.97. The number of hydrogen-bond donors (Lipinski definition) is 1. The molecule has 0 bridgehead atoms. The summed E-state index contributed by atoms with van der Waals surface area (Å²) in [5, 5.41) is 7.99. The molecule has 0 saturated carbocycles. The van der Waals surface area contributed by atoms with E-state index in [1.165, 1.54) is 6.07 Å². The third kappa shape index (κ3) is 3.47.